The molecule has 246 valence electrons. The largest absolute Gasteiger partial charge is 0.465 e. The summed E-state index contributed by atoms with van der Waals surface area (Å²) in [6.45, 7) is 3.77. The van der Waals surface area contributed by atoms with Gasteiger partial charge in [-0.15, -0.1) is 0 Å². The van der Waals surface area contributed by atoms with Crippen LogP contribution in [0.2, 0.25) is 0 Å². The van der Waals surface area contributed by atoms with Crippen molar-refractivity contribution in [1.29, 1.82) is 0 Å². The molecule has 1 aromatic heterocycles. The second-order valence-corrected chi connectivity index (χ2v) is 10.6. The van der Waals surface area contributed by atoms with Crippen LogP contribution in [0.5, 0.6) is 0 Å². The standard InChI is InChI=1S/C24H39N9O9S2/c1-10(2)17(23(40)30-15(7-43)18(25)35)33-19(36)11(3)28-20(37)13(4-12-5-26-9-27-12)29-22(39)16(8-44)31-21(38)14(6-34)32-24(41)42/h5,9-11,13-17,32,34,43-44H,4,6-8H2,1-3H3,(H2,25,35)(H,26,27)(H,28,37)(H,29,39)(H,30,40)(H,31,38)(H,33,36)(H,41,42)/t11-,13-,14-,15-,16-,17-/m0/s1. The number of amides is 7. The molecule has 1 aromatic rings. The molecule has 1 heterocycles. The summed E-state index contributed by atoms with van der Waals surface area (Å²) in [7, 11) is 0. The second kappa shape index (κ2) is 18.6. The zero-order valence-electron chi connectivity index (χ0n) is 24.2. The lowest BCUT2D eigenvalue weighted by Gasteiger charge is -2.27. The van der Waals surface area contributed by atoms with Crippen molar-refractivity contribution in [2.24, 2.45) is 11.7 Å². The van der Waals surface area contributed by atoms with Crippen LogP contribution in [0, 0.1) is 5.92 Å². The first-order valence-electron chi connectivity index (χ1n) is 13.2. The van der Waals surface area contributed by atoms with Gasteiger partial charge in [0.15, 0.2) is 0 Å². The van der Waals surface area contributed by atoms with E-state index in [-0.39, 0.29) is 17.9 Å². The average Bonchev–Trinajstić information content (AvgIpc) is 3.47. The Morgan fingerprint density at radius 3 is 1.82 bits per heavy atom. The number of aliphatic hydroxyl groups excluding tert-OH is 1. The van der Waals surface area contributed by atoms with Crippen LogP contribution in [0.25, 0.3) is 0 Å². The molecule has 0 spiro atoms. The molecule has 11 N–H and O–H groups in total. The number of carbonyl (C=O) groups excluding carboxylic acids is 6. The number of aromatic nitrogens is 2. The van der Waals surface area contributed by atoms with E-state index >= 15 is 0 Å². The topological polar surface area (TPSA) is 287 Å². The highest BCUT2D eigenvalue weighted by molar-refractivity contribution is 7.80. The molecule has 0 unspecified atom stereocenters. The molecular weight excluding hydrogens is 622 g/mol. The summed E-state index contributed by atoms with van der Waals surface area (Å²) in [5, 5.41) is 32.0. The summed E-state index contributed by atoms with van der Waals surface area (Å²) in [6, 6.07) is -7.59. The van der Waals surface area contributed by atoms with Crippen LogP contribution in [-0.4, -0.2) is 116 Å². The van der Waals surface area contributed by atoms with Crippen LogP contribution >= 0.6 is 25.3 Å². The average molecular weight is 662 g/mol. The SMILES string of the molecule is CC(C)[C@H](NC(=O)[C@H](C)NC(=O)[C@H](Cc1cnc[nH]1)NC(=O)[C@H](CS)NC(=O)[C@H](CO)NC(=O)O)C(=O)N[C@@H](CS)C(N)=O. The first-order chi connectivity index (χ1) is 20.6. The third-order valence-electron chi connectivity index (χ3n) is 6.07. The Kier molecular flexibility index (Phi) is 16.0. The Bertz CT molecular complexity index is 1170. The fourth-order valence-electron chi connectivity index (χ4n) is 3.57. The van der Waals surface area contributed by atoms with Gasteiger partial charge in [-0.1, -0.05) is 13.8 Å². The number of thiol groups is 2. The molecule has 0 fully saturated rings. The summed E-state index contributed by atoms with van der Waals surface area (Å²) in [5.41, 5.74) is 5.68. The molecule has 44 heavy (non-hydrogen) atoms. The Labute approximate surface area is 263 Å². The quantitative estimate of drug-likeness (QED) is 0.0678. The minimum absolute atomic E-state index is 0.0608. The Morgan fingerprint density at radius 1 is 0.795 bits per heavy atom. The number of nitrogens with two attached hydrogens (primary N) is 1. The van der Waals surface area contributed by atoms with Gasteiger partial charge in [0.2, 0.25) is 35.4 Å². The van der Waals surface area contributed by atoms with Crippen molar-refractivity contribution < 1.29 is 43.8 Å². The molecular formula is C24H39N9O9S2. The number of carboxylic acid groups (broad SMARTS) is 1. The zero-order valence-corrected chi connectivity index (χ0v) is 26.0. The first-order valence-corrected chi connectivity index (χ1v) is 14.5. The predicted molar refractivity (Wildman–Crippen MR) is 161 cm³/mol. The van der Waals surface area contributed by atoms with Crippen molar-refractivity contribution in [3.05, 3.63) is 18.2 Å². The van der Waals surface area contributed by atoms with E-state index in [1.54, 1.807) is 19.2 Å². The van der Waals surface area contributed by atoms with Crippen LogP contribution in [0.15, 0.2) is 12.5 Å². The van der Waals surface area contributed by atoms with E-state index in [1.165, 1.54) is 19.4 Å². The lowest BCUT2D eigenvalue weighted by atomic mass is 10.0. The molecule has 0 aromatic carbocycles. The Morgan fingerprint density at radius 2 is 1.34 bits per heavy atom. The third kappa shape index (κ3) is 12.3. The monoisotopic (exact) mass is 661 g/mol. The number of carbonyl (C=O) groups is 7. The Hall–Kier alpha value is -4.04. The second-order valence-electron chi connectivity index (χ2n) is 9.88. The molecule has 0 aliphatic carbocycles. The van der Waals surface area contributed by atoms with E-state index in [0.29, 0.717) is 5.69 Å². The fourth-order valence-corrected chi connectivity index (χ4v) is 4.10. The van der Waals surface area contributed by atoms with E-state index in [4.69, 9.17) is 10.8 Å². The van der Waals surface area contributed by atoms with Crippen LogP contribution in [0.3, 0.4) is 0 Å². The van der Waals surface area contributed by atoms with Gasteiger partial charge >= 0.3 is 6.09 Å². The molecule has 1 rings (SSSR count). The molecule has 7 amide bonds. The van der Waals surface area contributed by atoms with Crippen LogP contribution in [-0.2, 0) is 35.2 Å². The van der Waals surface area contributed by atoms with Gasteiger partial charge < -0.3 is 52.8 Å². The van der Waals surface area contributed by atoms with Crippen LogP contribution in [0.4, 0.5) is 4.79 Å². The van der Waals surface area contributed by atoms with E-state index < -0.39 is 90.3 Å². The van der Waals surface area contributed by atoms with Crippen LogP contribution in [0.1, 0.15) is 26.5 Å². The number of H-pyrrole nitrogens is 1. The highest BCUT2D eigenvalue weighted by atomic mass is 32.1. The number of aliphatic hydroxyl groups is 1. The van der Waals surface area contributed by atoms with Gasteiger partial charge in [-0.25, -0.2) is 9.78 Å². The molecule has 0 radical (unpaired) electrons. The molecule has 0 aliphatic rings. The van der Waals surface area contributed by atoms with Gasteiger partial charge in [0.1, 0.15) is 36.3 Å². The van der Waals surface area contributed by atoms with Gasteiger partial charge in [0.05, 0.1) is 12.9 Å². The number of aromatic amines is 1. The van der Waals surface area contributed by atoms with E-state index in [2.05, 4.69) is 61.8 Å². The number of rotatable bonds is 18. The van der Waals surface area contributed by atoms with Crippen molar-refractivity contribution in [2.45, 2.75) is 63.4 Å². The molecule has 0 saturated carbocycles. The van der Waals surface area contributed by atoms with Crippen molar-refractivity contribution in [3.8, 4) is 0 Å². The van der Waals surface area contributed by atoms with Crippen molar-refractivity contribution >= 4 is 66.8 Å². The number of primary amides is 1. The third-order valence-corrected chi connectivity index (χ3v) is 6.80. The maximum absolute atomic E-state index is 13.2. The van der Waals surface area contributed by atoms with E-state index in [9.17, 15) is 38.7 Å². The van der Waals surface area contributed by atoms with Crippen LogP contribution < -0.4 is 37.6 Å². The summed E-state index contributed by atoms with van der Waals surface area (Å²) in [5.74, 6) is -5.68. The lowest BCUT2D eigenvalue weighted by molar-refractivity contribution is -0.135. The van der Waals surface area contributed by atoms with Gasteiger partial charge in [-0.2, -0.15) is 25.3 Å². The number of hydrogen-bond acceptors (Lipinski definition) is 11. The van der Waals surface area contributed by atoms with E-state index in [0.717, 1.165) is 0 Å². The lowest BCUT2D eigenvalue weighted by Crippen LogP contribution is -2.60. The van der Waals surface area contributed by atoms with Gasteiger partial charge in [-0.05, 0) is 12.8 Å². The van der Waals surface area contributed by atoms with Crippen molar-refractivity contribution in [1.82, 2.24) is 41.9 Å². The predicted octanol–water partition coefficient (Wildman–Crippen LogP) is -3.97. The molecule has 6 atom stereocenters. The number of imidazole rings is 1. The molecule has 0 saturated heterocycles. The normalized spacial score (nSPS) is 15.0. The number of nitrogens with one attached hydrogen (secondary N) is 7. The van der Waals surface area contributed by atoms with Crippen molar-refractivity contribution in [3.63, 3.8) is 0 Å². The first kappa shape index (κ1) is 38.0. The summed E-state index contributed by atoms with van der Waals surface area (Å²) in [4.78, 5) is 93.3. The van der Waals surface area contributed by atoms with Gasteiger partial charge in [0, 0.05) is 29.8 Å². The maximum Gasteiger partial charge on any atom is 0.405 e. The summed E-state index contributed by atoms with van der Waals surface area (Å²) < 4.78 is 0. The molecule has 0 aliphatic heterocycles. The van der Waals surface area contributed by atoms with Crippen molar-refractivity contribution in [2.75, 3.05) is 18.1 Å². The van der Waals surface area contributed by atoms with Gasteiger partial charge in [0.25, 0.3) is 0 Å². The highest BCUT2D eigenvalue weighted by Gasteiger charge is 2.32. The maximum atomic E-state index is 13.2. The fraction of sp³-hybridized carbons (Fsp3) is 0.583. The molecule has 18 nitrogen and oxygen atoms in total. The van der Waals surface area contributed by atoms with Gasteiger partial charge in [-0.3, -0.25) is 28.8 Å². The summed E-state index contributed by atoms with van der Waals surface area (Å²) in [6.07, 6.45) is 1.05. The number of nitrogens with zero attached hydrogens (tertiary/aromatic N) is 1. The minimum atomic E-state index is -1.58. The molecule has 0 bridgehead atoms. The number of hydrogen-bond donors (Lipinski definition) is 12. The highest BCUT2D eigenvalue weighted by Crippen LogP contribution is 2.05. The zero-order chi connectivity index (χ0) is 33.6. The smallest absolute Gasteiger partial charge is 0.405 e. The van der Waals surface area contributed by atoms with E-state index in [1.807, 2.05) is 0 Å². The molecule has 20 heteroatoms. The minimum Gasteiger partial charge on any atom is -0.465 e. The summed E-state index contributed by atoms with van der Waals surface area (Å²) >= 11 is 8.02. The Balaban J connectivity index is 3.02.